The highest BCUT2D eigenvalue weighted by Gasteiger charge is 2.31. The summed E-state index contributed by atoms with van der Waals surface area (Å²) >= 11 is 0. The lowest BCUT2D eigenvalue weighted by Crippen LogP contribution is -2.46. The van der Waals surface area contributed by atoms with Crippen LogP contribution in [0.1, 0.15) is 48.6 Å². The molecule has 26 heavy (non-hydrogen) atoms. The van der Waals surface area contributed by atoms with E-state index in [1.54, 1.807) is 0 Å². The number of carbonyl (C=O) groups excluding carboxylic acids is 1. The van der Waals surface area contributed by atoms with Crippen molar-refractivity contribution in [1.82, 2.24) is 5.32 Å². The van der Waals surface area contributed by atoms with Crippen LogP contribution in [0, 0.1) is 12.8 Å². The highest BCUT2D eigenvalue weighted by Crippen LogP contribution is 2.29. The standard InChI is InChI=1S/C22H28N2O2/c1-15-10-12-18(13-11-15)21-19(9-6-14-26-21)24-22(25)16(2)20(23)17-7-4-3-5-8-17/h3-5,7-8,10-13,16,19-21H,6,9,14,23H2,1-2H3,(H,24,25). The third-order valence-electron chi connectivity index (χ3n) is 5.19. The van der Waals surface area contributed by atoms with Crippen molar-refractivity contribution in [2.75, 3.05) is 6.61 Å². The molecule has 0 aliphatic carbocycles. The number of rotatable bonds is 5. The Labute approximate surface area is 155 Å². The normalized spacial score (nSPS) is 22.4. The van der Waals surface area contributed by atoms with Crippen LogP contribution in [0.3, 0.4) is 0 Å². The molecule has 1 fully saturated rings. The highest BCUT2D eigenvalue weighted by molar-refractivity contribution is 5.79. The Bertz CT molecular complexity index is 715. The predicted molar refractivity (Wildman–Crippen MR) is 104 cm³/mol. The Morgan fingerprint density at radius 1 is 1.15 bits per heavy atom. The number of ether oxygens (including phenoxy) is 1. The van der Waals surface area contributed by atoms with Gasteiger partial charge < -0.3 is 15.8 Å². The maximum absolute atomic E-state index is 12.8. The van der Waals surface area contributed by atoms with Crippen molar-refractivity contribution in [2.24, 2.45) is 11.7 Å². The van der Waals surface area contributed by atoms with Crippen molar-refractivity contribution in [2.45, 2.75) is 44.9 Å². The summed E-state index contributed by atoms with van der Waals surface area (Å²) in [4.78, 5) is 12.8. The summed E-state index contributed by atoms with van der Waals surface area (Å²) in [6, 6.07) is 17.8. The van der Waals surface area contributed by atoms with Crippen molar-refractivity contribution < 1.29 is 9.53 Å². The quantitative estimate of drug-likeness (QED) is 0.863. The summed E-state index contributed by atoms with van der Waals surface area (Å²) in [6.45, 7) is 4.68. The zero-order valence-electron chi connectivity index (χ0n) is 15.5. The Hall–Kier alpha value is -2.17. The molecular weight excluding hydrogens is 324 g/mol. The van der Waals surface area contributed by atoms with Gasteiger partial charge in [-0.1, -0.05) is 67.1 Å². The van der Waals surface area contributed by atoms with E-state index in [9.17, 15) is 4.79 Å². The van der Waals surface area contributed by atoms with Gasteiger partial charge in [-0.2, -0.15) is 0 Å². The number of nitrogens with two attached hydrogens (primary N) is 1. The number of amides is 1. The molecule has 0 radical (unpaired) electrons. The Kier molecular flexibility index (Phi) is 6.07. The zero-order chi connectivity index (χ0) is 18.5. The first-order valence-corrected chi connectivity index (χ1v) is 9.35. The van der Waals surface area contributed by atoms with Crippen LogP contribution in [0.2, 0.25) is 0 Å². The molecule has 1 aliphatic rings. The molecule has 0 aromatic heterocycles. The molecule has 4 heteroatoms. The lowest BCUT2D eigenvalue weighted by atomic mass is 9.92. The summed E-state index contributed by atoms with van der Waals surface area (Å²) in [5.74, 6) is -0.327. The third kappa shape index (κ3) is 4.32. The van der Waals surface area contributed by atoms with Crippen molar-refractivity contribution >= 4 is 5.91 Å². The third-order valence-corrected chi connectivity index (χ3v) is 5.19. The van der Waals surface area contributed by atoms with Gasteiger partial charge in [0, 0.05) is 12.6 Å². The fourth-order valence-corrected chi connectivity index (χ4v) is 3.45. The average molecular weight is 352 g/mol. The Balaban J connectivity index is 1.69. The molecule has 1 saturated heterocycles. The van der Waals surface area contributed by atoms with Gasteiger partial charge in [0.1, 0.15) is 6.10 Å². The van der Waals surface area contributed by atoms with Crippen LogP contribution in [0.15, 0.2) is 54.6 Å². The second-order valence-electron chi connectivity index (χ2n) is 7.18. The van der Waals surface area contributed by atoms with Crippen molar-refractivity contribution in [3.63, 3.8) is 0 Å². The Morgan fingerprint density at radius 2 is 1.85 bits per heavy atom. The maximum Gasteiger partial charge on any atom is 0.225 e. The van der Waals surface area contributed by atoms with Crippen LogP contribution in [0.25, 0.3) is 0 Å². The number of benzene rings is 2. The zero-order valence-corrected chi connectivity index (χ0v) is 15.5. The number of hydrogen-bond acceptors (Lipinski definition) is 3. The minimum absolute atomic E-state index is 0.0195. The first kappa shape index (κ1) is 18.6. The molecule has 1 heterocycles. The van der Waals surface area contributed by atoms with Crippen molar-refractivity contribution in [3.05, 3.63) is 71.3 Å². The van der Waals surface area contributed by atoms with Crippen LogP contribution in [0.5, 0.6) is 0 Å². The molecule has 1 amide bonds. The van der Waals surface area contributed by atoms with Crippen LogP contribution >= 0.6 is 0 Å². The van der Waals surface area contributed by atoms with Gasteiger partial charge in [-0.25, -0.2) is 0 Å². The molecule has 2 aromatic carbocycles. The predicted octanol–water partition coefficient (Wildman–Crippen LogP) is 3.67. The van der Waals surface area contributed by atoms with Gasteiger partial charge in [0.05, 0.1) is 12.0 Å². The number of nitrogens with one attached hydrogen (secondary N) is 1. The SMILES string of the molecule is Cc1ccc(C2OCCCC2NC(=O)C(C)C(N)c2ccccc2)cc1. The first-order chi connectivity index (χ1) is 12.6. The minimum atomic E-state index is -0.321. The minimum Gasteiger partial charge on any atom is -0.371 e. The topological polar surface area (TPSA) is 64.3 Å². The summed E-state index contributed by atoms with van der Waals surface area (Å²) in [6.07, 6.45) is 1.76. The van der Waals surface area contributed by atoms with E-state index in [4.69, 9.17) is 10.5 Å². The van der Waals surface area contributed by atoms with E-state index in [0.29, 0.717) is 0 Å². The number of carbonyl (C=O) groups is 1. The molecule has 2 aromatic rings. The number of hydrogen-bond donors (Lipinski definition) is 2. The smallest absolute Gasteiger partial charge is 0.225 e. The van der Waals surface area contributed by atoms with Gasteiger partial charge >= 0.3 is 0 Å². The van der Waals surface area contributed by atoms with Gasteiger partial charge in [0.25, 0.3) is 0 Å². The molecule has 0 saturated carbocycles. The maximum atomic E-state index is 12.8. The van der Waals surface area contributed by atoms with Gasteiger partial charge in [0.15, 0.2) is 0 Å². The monoisotopic (exact) mass is 352 g/mol. The second-order valence-corrected chi connectivity index (χ2v) is 7.18. The van der Waals surface area contributed by atoms with E-state index >= 15 is 0 Å². The van der Waals surface area contributed by atoms with Crippen molar-refractivity contribution in [3.8, 4) is 0 Å². The second kappa shape index (κ2) is 8.47. The summed E-state index contributed by atoms with van der Waals surface area (Å²) < 4.78 is 6.00. The van der Waals surface area contributed by atoms with E-state index in [1.165, 1.54) is 5.56 Å². The molecule has 0 bridgehead atoms. The highest BCUT2D eigenvalue weighted by atomic mass is 16.5. The van der Waals surface area contributed by atoms with E-state index in [2.05, 4.69) is 36.5 Å². The van der Waals surface area contributed by atoms with E-state index in [0.717, 1.165) is 30.6 Å². The largest absolute Gasteiger partial charge is 0.371 e. The molecule has 0 spiro atoms. The molecular formula is C22H28N2O2. The van der Waals surface area contributed by atoms with E-state index in [-0.39, 0.29) is 30.0 Å². The molecule has 4 unspecified atom stereocenters. The molecule has 1 aliphatic heterocycles. The van der Waals surface area contributed by atoms with Crippen LogP contribution in [-0.4, -0.2) is 18.6 Å². The summed E-state index contributed by atoms with van der Waals surface area (Å²) in [5.41, 5.74) is 9.62. The van der Waals surface area contributed by atoms with E-state index < -0.39 is 0 Å². The Morgan fingerprint density at radius 3 is 2.54 bits per heavy atom. The lowest BCUT2D eigenvalue weighted by Gasteiger charge is -2.34. The number of aryl methyl sites for hydroxylation is 1. The van der Waals surface area contributed by atoms with Gasteiger partial charge in [-0.15, -0.1) is 0 Å². The molecule has 138 valence electrons. The fraction of sp³-hybridized carbons (Fsp3) is 0.409. The van der Waals surface area contributed by atoms with Crippen LogP contribution in [0.4, 0.5) is 0 Å². The summed E-state index contributed by atoms with van der Waals surface area (Å²) in [5, 5.41) is 3.19. The summed E-state index contributed by atoms with van der Waals surface area (Å²) in [7, 11) is 0. The molecule has 3 rings (SSSR count). The van der Waals surface area contributed by atoms with Crippen LogP contribution in [-0.2, 0) is 9.53 Å². The lowest BCUT2D eigenvalue weighted by molar-refractivity contribution is -0.128. The molecule has 4 nitrogen and oxygen atoms in total. The average Bonchev–Trinajstić information content (AvgIpc) is 2.68. The first-order valence-electron chi connectivity index (χ1n) is 9.35. The van der Waals surface area contributed by atoms with Gasteiger partial charge in [-0.05, 0) is 30.9 Å². The fourth-order valence-electron chi connectivity index (χ4n) is 3.45. The van der Waals surface area contributed by atoms with E-state index in [1.807, 2.05) is 37.3 Å². The molecule has 3 N–H and O–H groups in total. The van der Waals surface area contributed by atoms with Gasteiger partial charge in [0.2, 0.25) is 5.91 Å². The molecule has 4 atom stereocenters. The van der Waals surface area contributed by atoms with Crippen molar-refractivity contribution in [1.29, 1.82) is 0 Å². The van der Waals surface area contributed by atoms with Crippen LogP contribution < -0.4 is 11.1 Å². The van der Waals surface area contributed by atoms with Gasteiger partial charge in [-0.3, -0.25) is 4.79 Å².